The molecule has 0 unspecified atom stereocenters. The van der Waals surface area contributed by atoms with E-state index in [1.807, 2.05) is 12.4 Å². The van der Waals surface area contributed by atoms with Crippen molar-refractivity contribution in [3.8, 4) is 11.1 Å². The van der Waals surface area contributed by atoms with E-state index in [0.29, 0.717) is 0 Å². The third-order valence-electron chi connectivity index (χ3n) is 2.26. The molecule has 0 aliphatic heterocycles. The first-order chi connectivity index (χ1) is 6.75. The van der Waals surface area contributed by atoms with E-state index in [2.05, 4.69) is 49.2 Å². The summed E-state index contributed by atoms with van der Waals surface area (Å²) in [5.41, 5.74) is 4.90. The lowest BCUT2D eigenvalue weighted by Gasteiger charge is -2.02. The summed E-state index contributed by atoms with van der Waals surface area (Å²) in [4.78, 5) is 4.18. The summed E-state index contributed by atoms with van der Waals surface area (Å²) in [5, 5.41) is 0. The Labute approximate surface area is 84.4 Å². The number of rotatable bonds is 1. The Morgan fingerprint density at radius 2 is 1.50 bits per heavy atom. The molecule has 70 valence electrons. The van der Waals surface area contributed by atoms with E-state index in [1.54, 1.807) is 0 Å². The van der Waals surface area contributed by atoms with Gasteiger partial charge in [-0.2, -0.15) is 0 Å². The maximum atomic E-state index is 4.18. The number of hydrogen-bond acceptors (Lipinski definition) is 1. The predicted molar refractivity (Wildman–Crippen MR) is 59.1 cm³/mol. The van der Waals surface area contributed by atoms with Crippen molar-refractivity contribution in [2.45, 2.75) is 13.8 Å². The van der Waals surface area contributed by atoms with E-state index in [-0.39, 0.29) is 0 Å². The zero-order chi connectivity index (χ0) is 9.97. The first-order valence-corrected chi connectivity index (χ1v) is 4.74. The first kappa shape index (κ1) is 8.95. The maximum Gasteiger partial charge on any atom is 0.0346 e. The van der Waals surface area contributed by atoms with Crippen LogP contribution in [0.5, 0.6) is 0 Å². The molecule has 2 aromatic rings. The molecule has 2 rings (SSSR count). The highest BCUT2D eigenvalue weighted by atomic mass is 14.6. The lowest BCUT2D eigenvalue weighted by molar-refractivity contribution is 1.27. The molecule has 0 aliphatic carbocycles. The summed E-state index contributed by atoms with van der Waals surface area (Å²) in [6, 6.07) is 10.7. The molecule has 1 heteroatoms. The highest BCUT2D eigenvalue weighted by molar-refractivity contribution is 5.63. The van der Waals surface area contributed by atoms with Crippen molar-refractivity contribution in [1.82, 2.24) is 4.98 Å². The Morgan fingerprint density at radius 1 is 0.786 bits per heavy atom. The zero-order valence-corrected chi connectivity index (χ0v) is 8.49. The molecule has 1 heterocycles. The Balaban J connectivity index is 2.44. The Kier molecular flexibility index (Phi) is 2.32. The molecule has 0 N–H and O–H groups in total. The zero-order valence-electron chi connectivity index (χ0n) is 8.49. The predicted octanol–water partition coefficient (Wildman–Crippen LogP) is 3.37. The van der Waals surface area contributed by atoms with Crippen LogP contribution in [0.2, 0.25) is 0 Å². The minimum atomic E-state index is 1.19. The normalized spacial score (nSPS) is 10.1. The molecule has 0 saturated carbocycles. The van der Waals surface area contributed by atoms with Crippen molar-refractivity contribution in [2.75, 3.05) is 0 Å². The smallest absolute Gasteiger partial charge is 0.0346 e. The quantitative estimate of drug-likeness (QED) is 0.660. The number of aromatic nitrogens is 1. The Morgan fingerprint density at radius 3 is 2.14 bits per heavy atom. The van der Waals surface area contributed by atoms with Gasteiger partial charge in [-0.05, 0) is 31.0 Å². The third-order valence-corrected chi connectivity index (χ3v) is 2.26. The van der Waals surface area contributed by atoms with Crippen molar-refractivity contribution in [2.24, 2.45) is 0 Å². The topological polar surface area (TPSA) is 12.9 Å². The molecule has 0 amide bonds. The van der Waals surface area contributed by atoms with Crippen LogP contribution in [0.3, 0.4) is 0 Å². The third kappa shape index (κ3) is 1.82. The lowest BCUT2D eigenvalue weighted by Crippen LogP contribution is -1.82. The average molecular weight is 183 g/mol. The Hall–Kier alpha value is -1.63. The van der Waals surface area contributed by atoms with Gasteiger partial charge in [0.25, 0.3) is 0 Å². The molecule has 1 aromatic heterocycles. The van der Waals surface area contributed by atoms with Gasteiger partial charge in [-0.15, -0.1) is 0 Å². The van der Waals surface area contributed by atoms with Gasteiger partial charge in [0.1, 0.15) is 0 Å². The van der Waals surface area contributed by atoms with Crippen LogP contribution in [0.4, 0.5) is 0 Å². The van der Waals surface area contributed by atoms with Crippen LogP contribution in [0.1, 0.15) is 11.1 Å². The van der Waals surface area contributed by atoms with Gasteiger partial charge in [0.15, 0.2) is 0 Å². The molecule has 0 radical (unpaired) electrons. The van der Waals surface area contributed by atoms with Crippen LogP contribution in [-0.2, 0) is 0 Å². The highest BCUT2D eigenvalue weighted by Crippen LogP contribution is 2.19. The number of aryl methyl sites for hydroxylation is 2. The molecule has 14 heavy (non-hydrogen) atoms. The van der Waals surface area contributed by atoms with Crippen molar-refractivity contribution >= 4 is 0 Å². The van der Waals surface area contributed by atoms with Gasteiger partial charge in [-0.25, -0.2) is 0 Å². The minimum Gasteiger partial charge on any atom is -0.264 e. The van der Waals surface area contributed by atoms with Crippen LogP contribution in [0, 0.1) is 13.8 Å². The second-order valence-corrected chi connectivity index (χ2v) is 3.62. The first-order valence-electron chi connectivity index (χ1n) is 4.74. The molecule has 0 saturated heterocycles. The summed E-state index contributed by atoms with van der Waals surface area (Å²) < 4.78 is 0. The van der Waals surface area contributed by atoms with Gasteiger partial charge in [-0.1, -0.05) is 29.8 Å². The minimum absolute atomic E-state index is 1.19. The second-order valence-electron chi connectivity index (χ2n) is 3.62. The Bertz CT molecular complexity index is 429. The SMILES string of the molecule is Cc1ccc(-c2cncc(C)c2)cc1. The van der Waals surface area contributed by atoms with Crippen molar-refractivity contribution in [3.63, 3.8) is 0 Å². The number of pyridine rings is 1. The van der Waals surface area contributed by atoms with Crippen LogP contribution in [0.25, 0.3) is 11.1 Å². The van der Waals surface area contributed by atoms with Gasteiger partial charge in [0.2, 0.25) is 0 Å². The number of hydrogen-bond donors (Lipinski definition) is 0. The molecular weight excluding hydrogens is 170 g/mol. The monoisotopic (exact) mass is 183 g/mol. The van der Waals surface area contributed by atoms with E-state index in [1.165, 1.54) is 22.3 Å². The second kappa shape index (κ2) is 3.62. The molecule has 0 fully saturated rings. The molecule has 0 bridgehead atoms. The lowest BCUT2D eigenvalue weighted by atomic mass is 10.1. The molecule has 1 nitrogen and oxygen atoms in total. The summed E-state index contributed by atoms with van der Waals surface area (Å²) in [7, 11) is 0. The van der Waals surface area contributed by atoms with E-state index < -0.39 is 0 Å². The van der Waals surface area contributed by atoms with E-state index >= 15 is 0 Å². The molecule has 1 aromatic carbocycles. The average Bonchev–Trinajstić information content (AvgIpc) is 2.19. The van der Waals surface area contributed by atoms with Crippen LogP contribution in [-0.4, -0.2) is 4.98 Å². The molecular formula is C13H13N. The van der Waals surface area contributed by atoms with Crippen LogP contribution < -0.4 is 0 Å². The van der Waals surface area contributed by atoms with E-state index in [9.17, 15) is 0 Å². The number of benzene rings is 1. The van der Waals surface area contributed by atoms with E-state index in [0.717, 1.165) is 0 Å². The van der Waals surface area contributed by atoms with Gasteiger partial charge < -0.3 is 0 Å². The summed E-state index contributed by atoms with van der Waals surface area (Å²) in [6.45, 7) is 4.16. The number of nitrogens with zero attached hydrogens (tertiary/aromatic N) is 1. The van der Waals surface area contributed by atoms with Gasteiger partial charge in [0, 0.05) is 18.0 Å². The fraction of sp³-hybridized carbons (Fsp3) is 0.154. The van der Waals surface area contributed by atoms with Crippen molar-refractivity contribution < 1.29 is 0 Å². The molecule has 0 aliphatic rings. The maximum absolute atomic E-state index is 4.18. The molecule has 0 atom stereocenters. The van der Waals surface area contributed by atoms with Gasteiger partial charge in [-0.3, -0.25) is 4.98 Å². The standard InChI is InChI=1S/C13H13N/c1-10-3-5-12(6-4-10)13-7-11(2)8-14-9-13/h3-9H,1-2H3. The summed E-state index contributed by atoms with van der Waals surface area (Å²) >= 11 is 0. The summed E-state index contributed by atoms with van der Waals surface area (Å²) in [6.07, 6.45) is 3.77. The summed E-state index contributed by atoms with van der Waals surface area (Å²) in [5.74, 6) is 0. The van der Waals surface area contributed by atoms with Crippen LogP contribution >= 0.6 is 0 Å². The van der Waals surface area contributed by atoms with Gasteiger partial charge >= 0.3 is 0 Å². The fourth-order valence-corrected chi connectivity index (χ4v) is 1.46. The largest absolute Gasteiger partial charge is 0.264 e. The van der Waals surface area contributed by atoms with E-state index in [4.69, 9.17) is 0 Å². The van der Waals surface area contributed by atoms with Crippen molar-refractivity contribution in [3.05, 3.63) is 53.9 Å². The van der Waals surface area contributed by atoms with Gasteiger partial charge in [0.05, 0.1) is 0 Å². The van der Waals surface area contributed by atoms with Crippen LogP contribution in [0.15, 0.2) is 42.7 Å². The molecule has 0 spiro atoms. The fourth-order valence-electron chi connectivity index (χ4n) is 1.46. The van der Waals surface area contributed by atoms with Crippen molar-refractivity contribution in [1.29, 1.82) is 0 Å². The highest BCUT2D eigenvalue weighted by Gasteiger charge is 1.97.